The number of aromatic carboxylic acids is 1. The van der Waals surface area contributed by atoms with Crippen LogP contribution in [0.2, 0.25) is 0 Å². The third kappa shape index (κ3) is 4.52. The SMILES string of the molecule is O=C(O)c1ccc(OCCN2CCCCCC2)cn1. The Hall–Kier alpha value is -1.62. The topological polar surface area (TPSA) is 62.7 Å². The molecule has 1 saturated heterocycles. The highest BCUT2D eigenvalue weighted by molar-refractivity contribution is 5.85. The second-order valence-electron chi connectivity index (χ2n) is 4.79. The molecule has 0 aromatic carbocycles. The lowest BCUT2D eigenvalue weighted by atomic mass is 10.2. The summed E-state index contributed by atoms with van der Waals surface area (Å²) >= 11 is 0. The summed E-state index contributed by atoms with van der Waals surface area (Å²) in [5.41, 5.74) is 0.0415. The first-order valence-corrected chi connectivity index (χ1v) is 6.80. The lowest BCUT2D eigenvalue weighted by molar-refractivity contribution is 0.0690. The maximum absolute atomic E-state index is 10.7. The number of hydrogen-bond acceptors (Lipinski definition) is 4. The first kappa shape index (κ1) is 13.8. The molecule has 0 radical (unpaired) electrons. The summed E-state index contributed by atoms with van der Waals surface area (Å²) < 4.78 is 5.59. The zero-order chi connectivity index (χ0) is 13.5. The van der Waals surface area contributed by atoms with Crippen molar-refractivity contribution >= 4 is 5.97 Å². The van der Waals surface area contributed by atoms with E-state index in [9.17, 15) is 4.79 Å². The normalized spacial score (nSPS) is 16.8. The highest BCUT2D eigenvalue weighted by atomic mass is 16.5. The lowest BCUT2D eigenvalue weighted by Crippen LogP contribution is -2.29. The van der Waals surface area contributed by atoms with Crippen LogP contribution in [0.3, 0.4) is 0 Å². The molecule has 1 aliphatic heterocycles. The van der Waals surface area contributed by atoms with Crippen molar-refractivity contribution in [1.29, 1.82) is 0 Å². The van der Waals surface area contributed by atoms with E-state index < -0.39 is 5.97 Å². The summed E-state index contributed by atoms with van der Waals surface area (Å²) in [6.45, 7) is 3.84. The van der Waals surface area contributed by atoms with Gasteiger partial charge >= 0.3 is 5.97 Å². The van der Waals surface area contributed by atoms with E-state index in [0.29, 0.717) is 12.4 Å². The molecule has 0 bridgehead atoms. The summed E-state index contributed by atoms with van der Waals surface area (Å²) in [6, 6.07) is 3.11. The third-order valence-electron chi connectivity index (χ3n) is 3.33. The number of carboxylic acid groups (broad SMARTS) is 1. The molecule has 5 nitrogen and oxygen atoms in total. The van der Waals surface area contributed by atoms with Gasteiger partial charge in [-0.25, -0.2) is 9.78 Å². The highest BCUT2D eigenvalue weighted by Crippen LogP contribution is 2.11. The van der Waals surface area contributed by atoms with Crippen LogP contribution in [-0.2, 0) is 0 Å². The molecule has 0 spiro atoms. The number of carbonyl (C=O) groups is 1. The molecule has 5 heteroatoms. The summed E-state index contributed by atoms with van der Waals surface area (Å²) in [5, 5.41) is 8.74. The van der Waals surface area contributed by atoms with E-state index in [-0.39, 0.29) is 5.69 Å². The van der Waals surface area contributed by atoms with Gasteiger partial charge in [0.1, 0.15) is 18.1 Å². The van der Waals surface area contributed by atoms with E-state index in [2.05, 4.69) is 9.88 Å². The number of aromatic nitrogens is 1. The smallest absolute Gasteiger partial charge is 0.354 e. The molecule has 1 aromatic rings. The second kappa shape index (κ2) is 7.09. The van der Waals surface area contributed by atoms with Gasteiger partial charge in [-0.05, 0) is 38.1 Å². The van der Waals surface area contributed by atoms with Crippen molar-refractivity contribution in [1.82, 2.24) is 9.88 Å². The van der Waals surface area contributed by atoms with Crippen LogP contribution in [0.4, 0.5) is 0 Å². The molecule has 0 aliphatic carbocycles. The first-order valence-electron chi connectivity index (χ1n) is 6.80. The Morgan fingerprint density at radius 2 is 2.00 bits per heavy atom. The predicted octanol–water partition coefficient (Wildman–Crippen LogP) is 2.03. The van der Waals surface area contributed by atoms with Crippen LogP contribution >= 0.6 is 0 Å². The Morgan fingerprint density at radius 3 is 2.58 bits per heavy atom. The lowest BCUT2D eigenvalue weighted by Gasteiger charge is -2.19. The number of nitrogens with zero attached hydrogens (tertiary/aromatic N) is 2. The van der Waals surface area contributed by atoms with E-state index in [0.717, 1.165) is 19.6 Å². The minimum Gasteiger partial charge on any atom is -0.491 e. The number of ether oxygens (including phenoxy) is 1. The Kier molecular flexibility index (Phi) is 5.15. The van der Waals surface area contributed by atoms with Gasteiger partial charge in [0, 0.05) is 6.54 Å². The zero-order valence-electron chi connectivity index (χ0n) is 11.0. The third-order valence-corrected chi connectivity index (χ3v) is 3.33. The fourth-order valence-corrected chi connectivity index (χ4v) is 2.24. The van der Waals surface area contributed by atoms with Crippen LogP contribution in [0.15, 0.2) is 18.3 Å². The van der Waals surface area contributed by atoms with Crippen molar-refractivity contribution in [3.05, 3.63) is 24.0 Å². The van der Waals surface area contributed by atoms with Gasteiger partial charge in [-0.2, -0.15) is 0 Å². The Balaban J connectivity index is 1.74. The van der Waals surface area contributed by atoms with Crippen molar-refractivity contribution in [3.8, 4) is 5.75 Å². The van der Waals surface area contributed by atoms with Crippen molar-refractivity contribution < 1.29 is 14.6 Å². The van der Waals surface area contributed by atoms with E-state index in [1.807, 2.05) is 0 Å². The van der Waals surface area contributed by atoms with Crippen molar-refractivity contribution in [3.63, 3.8) is 0 Å². The average molecular weight is 264 g/mol. The van der Waals surface area contributed by atoms with Crippen LogP contribution in [0, 0.1) is 0 Å². The van der Waals surface area contributed by atoms with E-state index in [4.69, 9.17) is 9.84 Å². The van der Waals surface area contributed by atoms with Gasteiger partial charge in [-0.15, -0.1) is 0 Å². The van der Waals surface area contributed by atoms with E-state index in [1.165, 1.54) is 37.9 Å². The average Bonchev–Trinajstić information content (AvgIpc) is 2.68. The summed E-state index contributed by atoms with van der Waals surface area (Å²) in [7, 11) is 0. The second-order valence-corrected chi connectivity index (χ2v) is 4.79. The molecule has 1 fully saturated rings. The summed E-state index contributed by atoms with van der Waals surface area (Å²) in [5.74, 6) is -0.393. The van der Waals surface area contributed by atoms with Crippen LogP contribution in [0.1, 0.15) is 36.2 Å². The Bertz CT molecular complexity index is 398. The minimum atomic E-state index is -1.02. The van der Waals surface area contributed by atoms with Gasteiger partial charge in [0.15, 0.2) is 0 Å². The number of hydrogen-bond donors (Lipinski definition) is 1. The monoisotopic (exact) mass is 264 g/mol. The Labute approximate surface area is 113 Å². The minimum absolute atomic E-state index is 0.0415. The standard InChI is InChI=1S/C14H20N2O3/c17-14(18)13-6-5-12(11-15-13)19-10-9-16-7-3-1-2-4-8-16/h5-6,11H,1-4,7-10H2,(H,17,18). The molecule has 0 unspecified atom stereocenters. The van der Waals surface area contributed by atoms with Gasteiger partial charge in [-0.3, -0.25) is 4.90 Å². The number of rotatable bonds is 5. The maximum Gasteiger partial charge on any atom is 0.354 e. The zero-order valence-corrected chi connectivity index (χ0v) is 11.0. The maximum atomic E-state index is 10.7. The summed E-state index contributed by atoms with van der Waals surface area (Å²) in [4.78, 5) is 16.9. The fourth-order valence-electron chi connectivity index (χ4n) is 2.24. The summed E-state index contributed by atoms with van der Waals surface area (Å²) in [6.07, 6.45) is 6.67. The fraction of sp³-hybridized carbons (Fsp3) is 0.571. The molecule has 2 rings (SSSR count). The molecule has 1 N–H and O–H groups in total. The van der Waals surface area contributed by atoms with Crippen LogP contribution in [-0.4, -0.2) is 47.2 Å². The number of carboxylic acids is 1. The van der Waals surface area contributed by atoms with Crippen LogP contribution < -0.4 is 4.74 Å². The molecule has 19 heavy (non-hydrogen) atoms. The molecule has 0 atom stereocenters. The van der Waals surface area contributed by atoms with E-state index in [1.54, 1.807) is 6.07 Å². The first-order chi connectivity index (χ1) is 9.25. The molecular formula is C14H20N2O3. The van der Waals surface area contributed by atoms with Gasteiger partial charge in [0.25, 0.3) is 0 Å². The largest absolute Gasteiger partial charge is 0.491 e. The van der Waals surface area contributed by atoms with Gasteiger partial charge in [0.05, 0.1) is 6.20 Å². The van der Waals surface area contributed by atoms with Gasteiger partial charge in [0.2, 0.25) is 0 Å². The van der Waals surface area contributed by atoms with Gasteiger partial charge < -0.3 is 9.84 Å². The Morgan fingerprint density at radius 1 is 1.26 bits per heavy atom. The molecule has 0 saturated carbocycles. The van der Waals surface area contributed by atoms with Crippen LogP contribution in [0.5, 0.6) is 5.75 Å². The highest BCUT2D eigenvalue weighted by Gasteiger charge is 2.09. The molecule has 104 valence electrons. The van der Waals surface area contributed by atoms with Crippen molar-refractivity contribution in [2.45, 2.75) is 25.7 Å². The van der Waals surface area contributed by atoms with Crippen molar-refractivity contribution in [2.75, 3.05) is 26.2 Å². The number of pyridine rings is 1. The quantitative estimate of drug-likeness (QED) is 0.881. The molecule has 2 heterocycles. The van der Waals surface area contributed by atoms with Crippen molar-refractivity contribution in [2.24, 2.45) is 0 Å². The van der Waals surface area contributed by atoms with Crippen LogP contribution in [0.25, 0.3) is 0 Å². The van der Waals surface area contributed by atoms with Gasteiger partial charge in [-0.1, -0.05) is 12.8 Å². The molecular weight excluding hydrogens is 244 g/mol. The molecule has 1 aromatic heterocycles. The molecule has 1 aliphatic rings. The van der Waals surface area contributed by atoms with E-state index >= 15 is 0 Å². The predicted molar refractivity (Wildman–Crippen MR) is 71.6 cm³/mol. The number of likely N-dealkylation sites (tertiary alicyclic amines) is 1. The molecule has 0 amide bonds.